The van der Waals surface area contributed by atoms with Crippen LogP contribution in [-0.2, 0) is 11.2 Å². The summed E-state index contributed by atoms with van der Waals surface area (Å²) in [6, 6.07) is 8.43. The molecule has 2 rings (SSSR count). The van der Waals surface area contributed by atoms with Crippen molar-refractivity contribution in [1.82, 2.24) is 5.32 Å². The Kier molecular flexibility index (Phi) is 6.57. The quantitative estimate of drug-likeness (QED) is 0.888. The van der Waals surface area contributed by atoms with Crippen LogP contribution in [0.5, 0.6) is 5.75 Å². The van der Waals surface area contributed by atoms with Crippen LogP contribution in [0.1, 0.15) is 40.6 Å². The maximum atomic E-state index is 11.0. The van der Waals surface area contributed by atoms with Crippen molar-refractivity contribution in [3.63, 3.8) is 0 Å². The van der Waals surface area contributed by atoms with Gasteiger partial charge in [0.05, 0.1) is 0 Å². The van der Waals surface area contributed by atoms with Crippen LogP contribution in [0.15, 0.2) is 24.3 Å². The molecule has 0 atom stereocenters. The second-order valence-electron chi connectivity index (χ2n) is 4.72. The van der Waals surface area contributed by atoms with Crippen LogP contribution in [0, 0.1) is 0 Å². The van der Waals surface area contributed by atoms with Gasteiger partial charge in [0.2, 0.25) is 0 Å². The molecule has 0 spiro atoms. The zero-order valence-corrected chi connectivity index (χ0v) is 12.4. The minimum absolute atomic E-state index is 0. The second-order valence-corrected chi connectivity index (χ2v) is 4.72. The largest absolute Gasteiger partial charge is 0.490 e. The monoisotopic (exact) mass is 265 g/mol. The lowest BCUT2D eigenvalue weighted by atomic mass is 9.89. The number of benzene rings is 1. The van der Waals surface area contributed by atoms with Gasteiger partial charge in [-0.2, -0.15) is 0 Å². The molecule has 0 aromatic heterocycles. The lowest BCUT2D eigenvalue weighted by Crippen LogP contribution is -2.45. The van der Waals surface area contributed by atoms with Crippen molar-refractivity contribution in [2.45, 2.75) is 52.2 Å². The van der Waals surface area contributed by atoms with Crippen LogP contribution in [-0.4, -0.2) is 25.0 Å². The second kappa shape index (κ2) is 7.95. The van der Waals surface area contributed by atoms with E-state index < -0.39 is 0 Å². The Labute approximate surface area is 117 Å². The van der Waals surface area contributed by atoms with Crippen molar-refractivity contribution in [2.75, 3.05) is 7.05 Å². The van der Waals surface area contributed by atoms with Crippen LogP contribution in [0.4, 0.5) is 0 Å². The van der Waals surface area contributed by atoms with Crippen molar-refractivity contribution in [2.24, 2.45) is 0 Å². The molecule has 3 nitrogen and oxygen atoms in total. The Hall–Kier alpha value is -1.35. The molecule has 0 bridgehead atoms. The van der Waals surface area contributed by atoms with Gasteiger partial charge in [0.25, 0.3) is 0 Å². The molecule has 108 valence electrons. The van der Waals surface area contributed by atoms with E-state index in [1.54, 1.807) is 6.92 Å². The number of carbonyl (C=O) groups is 1. The lowest BCUT2D eigenvalue weighted by molar-refractivity contribution is -0.116. The van der Waals surface area contributed by atoms with Crippen LogP contribution < -0.4 is 10.1 Å². The van der Waals surface area contributed by atoms with Gasteiger partial charge in [0.1, 0.15) is 17.6 Å². The van der Waals surface area contributed by atoms with E-state index in [4.69, 9.17) is 4.74 Å². The van der Waals surface area contributed by atoms with Crippen molar-refractivity contribution in [3.05, 3.63) is 29.8 Å². The van der Waals surface area contributed by atoms with Gasteiger partial charge in [0.15, 0.2) is 0 Å². The minimum atomic E-state index is 0. The number of nitrogens with one attached hydrogen (secondary N) is 1. The van der Waals surface area contributed by atoms with Gasteiger partial charge in [-0.15, -0.1) is 0 Å². The fourth-order valence-corrected chi connectivity index (χ4v) is 2.11. The maximum Gasteiger partial charge on any atom is 0.134 e. The predicted octanol–water partition coefficient (Wildman–Crippen LogP) is 3.22. The number of Topliss-reactive ketones (excluding diaryl/α,β-unsaturated/α-hetero) is 1. The number of rotatable bonds is 5. The first-order valence-corrected chi connectivity index (χ1v) is 7.09. The van der Waals surface area contributed by atoms with E-state index in [0.29, 0.717) is 18.6 Å². The van der Waals surface area contributed by atoms with E-state index in [0.717, 1.165) is 24.2 Å². The molecule has 19 heavy (non-hydrogen) atoms. The first-order chi connectivity index (χ1) is 9.17. The Morgan fingerprint density at radius 1 is 1.42 bits per heavy atom. The van der Waals surface area contributed by atoms with E-state index in [1.165, 1.54) is 0 Å². The molecule has 0 saturated heterocycles. The fourth-order valence-electron chi connectivity index (χ4n) is 2.11. The first-order valence-electron chi connectivity index (χ1n) is 7.09. The van der Waals surface area contributed by atoms with Gasteiger partial charge in [-0.3, -0.25) is 4.79 Å². The average Bonchev–Trinajstić information content (AvgIpc) is 2.35. The van der Waals surface area contributed by atoms with Gasteiger partial charge in [-0.05, 0) is 44.5 Å². The molecule has 0 aliphatic heterocycles. The topological polar surface area (TPSA) is 38.3 Å². The molecule has 1 aromatic carbocycles. The predicted molar refractivity (Wildman–Crippen MR) is 80.8 cm³/mol. The zero-order chi connectivity index (χ0) is 14.3. The van der Waals surface area contributed by atoms with Crippen molar-refractivity contribution in [1.29, 1.82) is 0 Å². The molecule has 3 heteroatoms. The van der Waals surface area contributed by atoms with Gasteiger partial charge in [0, 0.05) is 13.9 Å². The minimum Gasteiger partial charge on any atom is -0.490 e. The standard InChI is InChI=1S/C14H19NO2.C2H6.H2/c1-10(16)6-11-4-3-5-13(7-11)17-14-8-12(9-14)15-2;1-2;/h3-5,7,12,14-15H,6,8-9H2,1-2H3;1-2H3;1H. The van der Waals surface area contributed by atoms with Gasteiger partial charge >= 0.3 is 0 Å². The number of hydrogen-bond acceptors (Lipinski definition) is 3. The third-order valence-corrected chi connectivity index (χ3v) is 3.16. The smallest absolute Gasteiger partial charge is 0.134 e. The highest BCUT2D eigenvalue weighted by molar-refractivity contribution is 5.78. The summed E-state index contributed by atoms with van der Waals surface area (Å²) in [4.78, 5) is 11.0. The molecular weight excluding hydrogens is 238 g/mol. The van der Waals surface area contributed by atoms with Crippen LogP contribution in [0.2, 0.25) is 0 Å². The average molecular weight is 265 g/mol. The van der Waals surface area contributed by atoms with Crippen LogP contribution in [0.3, 0.4) is 0 Å². The van der Waals surface area contributed by atoms with Crippen LogP contribution in [0.25, 0.3) is 0 Å². The molecule has 1 aliphatic rings. The summed E-state index contributed by atoms with van der Waals surface area (Å²) < 4.78 is 5.85. The van der Waals surface area contributed by atoms with Gasteiger partial charge < -0.3 is 10.1 Å². The summed E-state index contributed by atoms with van der Waals surface area (Å²) in [5.41, 5.74) is 1.03. The van der Waals surface area contributed by atoms with E-state index in [1.807, 2.05) is 45.2 Å². The molecule has 1 aromatic rings. The molecule has 0 amide bonds. The van der Waals surface area contributed by atoms with Gasteiger partial charge in [-0.25, -0.2) is 0 Å². The number of ketones is 1. The highest BCUT2D eigenvalue weighted by Gasteiger charge is 2.29. The third-order valence-electron chi connectivity index (χ3n) is 3.16. The number of hydrogen-bond donors (Lipinski definition) is 1. The molecule has 1 N–H and O–H groups in total. The molecule has 0 unspecified atom stereocenters. The van der Waals surface area contributed by atoms with Crippen molar-refractivity contribution < 1.29 is 11.0 Å². The molecule has 1 saturated carbocycles. The highest BCUT2D eigenvalue weighted by atomic mass is 16.5. The molecule has 0 radical (unpaired) electrons. The molecule has 0 heterocycles. The number of ether oxygens (including phenoxy) is 1. The Balaban J connectivity index is 0.00000115. The normalized spacial score (nSPS) is 20.8. The summed E-state index contributed by atoms with van der Waals surface area (Å²) in [6.07, 6.45) is 2.93. The SMILES string of the molecule is CC.CNC1CC(Oc2cccc(CC(C)=O)c2)C1.[HH]. The molecule has 1 aliphatic carbocycles. The van der Waals surface area contributed by atoms with Crippen molar-refractivity contribution >= 4 is 5.78 Å². The number of carbonyl (C=O) groups excluding carboxylic acids is 1. The van der Waals surface area contributed by atoms with E-state index in [-0.39, 0.29) is 7.21 Å². The van der Waals surface area contributed by atoms with E-state index >= 15 is 0 Å². The summed E-state index contributed by atoms with van der Waals surface area (Å²) >= 11 is 0. The zero-order valence-electron chi connectivity index (χ0n) is 12.4. The molecule has 1 fully saturated rings. The van der Waals surface area contributed by atoms with Crippen LogP contribution >= 0.6 is 0 Å². The Morgan fingerprint density at radius 2 is 2.11 bits per heavy atom. The van der Waals surface area contributed by atoms with Gasteiger partial charge in [-0.1, -0.05) is 26.0 Å². The molecular formula is C16H27NO2. The maximum absolute atomic E-state index is 11.0. The Morgan fingerprint density at radius 3 is 2.68 bits per heavy atom. The summed E-state index contributed by atoms with van der Waals surface area (Å²) in [5.74, 6) is 1.06. The van der Waals surface area contributed by atoms with E-state index in [9.17, 15) is 4.79 Å². The third kappa shape index (κ3) is 5.03. The summed E-state index contributed by atoms with van der Waals surface area (Å²) in [5, 5.41) is 3.23. The Bertz CT molecular complexity index is 403. The fraction of sp³-hybridized carbons (Fsp3) is 0.562. The lowest BCUT2D eigenvalue weighted by Gasteiger charge is -2.35. The summed E-state index contributed by atoms with van der Waals surface area (Å²) in [7, 11) is 1.98. The first kappa shape index (κ1) is 15.7. The summed E-state index contributed by atoms with van der Waals surface area (Å²) in [6.45, 7) is 5.61. The van der Waals surface area contributed by atoms with E-state index in [2.05, 4.69) is 5.32 Å². The highest BCUT2D eigenvalue weighted by Crippen LogP contribution is 2.26. The van der Waals surface area contributed by atoms with Crippen molar-refractivity contribution in [3.8, 4) is 5.75 Å².